The Morgan fingerprint density at radius 1 is 0.450 bits per heavy atom. The summed E-state index contributed by atoms with van der Waals surface area (Å²) in [4.78, 5) is 0. The second-order valence-corrected chi connectivity index (χ2v) is 12.4. The third kappa shape index (κ3) is 3.10. The summed E-state index contributed by atoms with van der Waals surface area (Å²) in [5.41, 5.74) is 13.2. The lowest BCUT2D eigenvalue weighted by Crippen LogP contribution is -2.17. The molecule has 0 radical (unpaired) electrons. The second-order valence-electron chi connectivity index (χ2n) is 12.4. The molecule has 0 aromatic heterocycles. The van der Waals surface area contributed by atoms with Gasteiger partial charge in [-0.25, -0.2) is 0 Å². The Morgan fingerprint density at radius 2 is 1.07 bits per heavy atom. The molecular weight excluding hydrogens is 480 g/mol. The molecule has 6 aromatic carbocycles. The Bertz CT molecular complexity index is 2100. The molecule has 0 spiro atoms. The van der Waals surface area contributed by atoms with Crippen LogP contribution in [-0.2, 0) is 10.8 Å². The molecule has 0 atom stereocenters. The van der Waals surface area contributed by atoms with Gasteiger partial charge in [-0.3, -0.25) is 0 Å². The minimum atomic E-state index is -0.103. The monoisotopic (exact) mass is 510 g/mol. The van der Waals surface area contributed by atoms with Crippen LogP contribution in [0, 0.1) is 11.8 Å². The molecular formula is C40H30. The first-order valence-corrected chi connectivity index (χ1v) is 14.2. The van der Waals surface area contributed by atoms with Gasteiger partial charge in [-0.2, -0.15) is 0 Å². The summed E-state index contributed by atoms with van der Waals surface area (Å²) < 4.78 is 0. The molecule has 2 aliphatic rings. The van der Waals surface area contributed by atoms with E-state index in [2.05, 4.69) is 149 Å². The minimum absolute atomic E-state index is 0.0412. The number of hydrogen-bond donors (Lipinski definition) is 0. The Labute approximate surface area is 236 Å². The van der Waals surface area contributed by atoms with Crippen molar-refractivity contribution in [1.82, 2.24) is 0 Å². The standard InChI is InChI=1S/C40H30/c1-39(2)34-21-19-28-11-6-8-15-30(28)38(34)33-24-36-32(23-37(33)39)31-20-17-25(22-35(31)40(36,3)4)16-18-27-13-9-12-26-10-5-7-14-29(26)27/h5-15,17,19-24H,1-4H3. The highest BCUT2D eigenvalue weighted by Crippen LogP contribution is 2.57. The van der Waals surface area contributed by atoms with E-state index in [1.54, 1.807) is 0 Å². The molecule has 2 aliphatic carbocycles. The van der Waals surface area contributed by atoms with Crippen LogP contribution < -0.4 is 0 Å². The first kappa shape index (κ1) is 23.3. The van der Waals surface area contributed by atoms with Gasteiger partial charge in [0.05, 0.1) is 0 Å². The van der Waals surface area contributed by atoms with Crippen molar-refractivity contribution in [2.24, 2.45) is 0 Å². The lowest BCUT2D eigenvalue weighted by atomic mass is 9.79. The van der Waals surface area contributed by atoms with Crippen LogP contribution in [0.4, 0.5) is 0 Å². The summed E-state index contributed by atoms with van der Waals surface area (Å²) in [6, 6.07) is 40.1. The van der Waals surface area contributed by atoms with Crippen molar-refractivity contribution < 1.29 is 0 Å². The topological polar surface area (TPSA) is 0 Å². The van der Waals surface area contributed by atoms with Gasteiger partial charge in [0.2, 0.25) is 0 Å². The van der Waals surface area contributed by atoms with Crippen LogP contribution in [-0.4, -0.2) is 0 Å². The van der Waals surface area contributed by atoms with E-state index in [1.807, 2.05) is 0 Å². The van der Waals surface area contributed by atoms with E-state index in [1.165, 1.54) is 66.1 Å². The number of fused-ring (bicyclic) bond motifs is 9. The zero-order valence-corrected chi connectivity index (χ0v) is 23.4. The Morgan fingerprint density at radius 3 is 1.90 bits per heavy atom. The maximum atomic E-state index is 3.49. The van der Waals surface area contributed by atoms with E-state index in [9.17, 15) is 0 Å². The summed E-state index contributed by atoms with van der Waals surface area (Å²) in [7, 11) is 0. The van der Waals surface area contributed by atoms with Gasteiger partial charge in [0.15, 0.2) is 0 Å². The fraction of sp³-hybridized carbons (Fsp3) is 0.150. The van der Waals surface area contributed by atoms with E-state index in [0.29, 0.717) is 0 Å². The number of benzene rings is 6. The molecule has 0 N–H and O–H groups in total. The third-order valence-electron chi connectivity index (χ3n) is 9.49. The summed E-state index contributed by atoms with van der Waals surface area (Å²) in [5.74, 6) is 6.96. The third-order valence-corrected chi connectivity index (χ3v) is 9.49. The average molecular weight is 511 g/mol. The molecule has 0 aliphatic heterocycles. The van der Waals surface area contributed by atoms with Crippen molar-refractivity contribution in [2.45, 2.75) is 38.5 Å². The molecule has 0 fully saturated rings. The zero-order chi connectivity index (χ0) is 27.2. The van der Waals surface area contributed by atoms with Crippen LogP contribution in [0.15, 0.2) is 109 Å². The molecule has 0 heteroatoms. The summed E-state index contributed by atoms with van der Waals surface area (Å²) in [6.45, 7) is 9.50. The molecule has 6 aromatic rings. The summed E-state index contributed by atoms with van der Waals surface area (Å²) >= 11 is 0. The van der Waals surface area contributed by atoms with Gasteiger partial charge >= 0.3 is 0 Å². The van der Waals surface area contributed by atoms with Crippen molar-refractivity contribution in [2.75, 3.05) is 0 Å². The van der Waals surface area contributed by atoms with Crippen LogP contribution in [0.25, 0.3) is 43.8 Å². The molecule has 190 valence electrons. The average Bonchev–Trinajstić information content (AvgIpc) is 3.34. The quantitative estimate of drug-likeness (QED) is 0.178. The fourth-order valence-corrected chi connectivity index (χ4v) is 7.28. The van der Waals surface area contributed by atoms with E-state index >= 15 is 0 Å². The fourth-order valence-electron chi connectivity index (χ4n) is 7.28. The highest BCUT2D eigenvalue weighted by atomic mass is 14.4. The van der Waals surface area contributed by atoms with Crippen LogP contribution in [0.3, 0.4) is 0 Å². The van der Waals surface area contributed by atoms with Crippen LogP contribution in [0.5, 0.6) is 0 Å². The Balaban J connectivity index is 1.27. The molecule has 8 rings (SSSR count). The predicted octanol–water partition coefficient (Wildman–Crippen LogP) is 10.0. The molecule has 0 nitrogen and oxygen atoms in total. The number of hydrogen-bond acceptors (Lipinski definition) is 0. The molecule has 0 saturated heterocycles. The van der Waals surface area contributed by atoms with Gasteiger partial charge in [0.25, 0.3) is 0 Å². The summed E-state index contributed by atoms with van der Waals surface area (Å²) in [6.07, 6.45) is 0. The van der Waals surface area contributed by atoms with Gasteiger partial charge in [-0.15, -0.1) is 0 Å². The highest BCUT2D eigenvalue weighted by Gasteiger charge is 2.42. The second kappa shape index (κ2) is 7.97. The van der Waals surface area contributed by atoms with Gasteiger partial charge < -0.3 is 0 Å². The molecule has 40 heavy (non-hydrogen) atoms. The first-order valence-electron chi connectivity index (χ1n) is 14.2. The normalized spacial score (nSPS) is 15.2. The number of rotatable bonds is 0. The van der Waals surface area contributed by atoms with E-state index in [-0.39, 0.29) is 10.8 Å². The van der Waals surface area contributed by atoms with Crippen molar-refractivity contribution in [3.63, 3.8) is 0 Å². The van der Waals surface area contributed by atoms with Crippen molar-refractivity contribution in [3.05, 3.63) is 143 Å². The zero-order valence-electron chi connectivity index (χ0n) is 23.4. The largest absolute Gasteiger partial charge is 0.0616 e. The molecule has 0 saturated carbocycles. The minimum Gasteiger partial charge on any atom is -0.0616 e. The molecule has 0 heterocycles. The Kier molecular flexibility index (Phi) is 4.64. The van der Waals surface area contributed by atoms with Crippen molar-refractivity contribution >= 4 is 21.5 Å². The SMILES string of the molecule is CC1(C)c2cc(C#Cc3cccc4ccccc34)ccc2-c2cc3c(cc21)-c1c(ccc2ccccc12)C3(C)C. The van der Waals surface area contributed by atoms with Gasteiger partial charge in [0, 0.05) is 22.0 Å². The summed E-state index contributed by atoms with van der Waals surface area (Å²) in [5, 5.41) is 5.09. The van der Waals surface area contributed by atoms with E-state index in [0.717, 1.165) is 11.1 Å². The molecule has 0 unspecified atom stereocenters. The lowest BCUT2D eigenvalue weighted by molar-refractivity contribution is 0.652. The van der Waals surface area contributed by atoms with Crippen molar-refractivity contribution in [1.29, 1.82) is 0 Å². The smallest absolute Gasteiger partial charge is 0.0327 e. The highest BCUT2D eigenvalue weighted by molar-refractivity contribution is 6.03. The van der Waals surface area contributed by atoms with Gasteiger partial charge in [-0.05, 0) is 96.4 Å². The maximum Gasteiger partial charge on any atom is 0.0327 e. The first-order chi connectivity index (χ1) is 19.3. The molecule has 0 amide bonds. The van der Waals surface area contributed by atoms with Crippen molar-refractivity contribution in [3.8, 4) is 34.1 Å². The van der Waals surface area contributed by atoms with E-state index < -0.39 is 0 Å². The maximum absolute atomic E-state index is 3.49. The van der Waals surface area contributed by atoms with Gasteiger partial charge in [-0.1, -0.05) is 118 Å². The predicted molar refractivity (Wildman–Crippen MR) is 169 cm³/mol. The Hall–Kier alpha value is -4.60. The van der Waals surface area contributed by atoms with Crippen LogP contribution in [0.1, 0.15) is 61.1 Å². The van der Waals surface area contributed by atoms with Crippen LogP contribution in [0.2, 0.25) is 0 Å². The lowest BCUT2D eigenvalue weighted by Gasteiger charge is -2.24. The van der Waals surface area contributed by atoms with E-state index in [4.69, 9.17) is 0 Å². The van der Waals surface area contributed by atoms with Crippen LogP contribution >= 0.6 is 0 Å². The molecule has 0 bridgehead atoms. The van der Waals surface area contributed by atoms with Gasteiger partial charge in [0.1, 0.15) is 0 Å².